The smallest absolute Gasteiger partial charge is 0.270 e. The number of nitrogens with one attached hydrogen (secondary N) is 1. The molecule has 1 aromatic carbocycles. The first kappa shape index (κ1) is 15.3. The second-order valence-corrected chi connectivity index (χ2v) is 5.71. The quantitative estimate of drug-likeness (QED) is 0.600. The summed E-state index contributed by atoms with van der Waals surface area (Å²) in [7, 11) is -4.18. The highest BCUT2D eigenvalue weighted by atomic mass is 35.5. The van der Waals surface area contributed by atoms with Crippen molar-refractivity contribution in [1.29, 1.82) is 0 Å². The van der Waals surface area contributed by atoms with Crippen molar-refractivity contribution in [2.24, 2.45) is 5.73 Å². The van der Waals surface area contributed by atoms with E-state index in [0.717, 1.165) is 18.2 Å². The van der Waals surface area contributed by atoms with Crippen LogP contribution in [0.25, 0.3) is 0 Å². The largest absolute Gasteiger partial charge is 0.368 e. The molecule has 1 rings (SSSR count). The number of rotatable bonds is 5. The van der Waals surface area contributed by atoms with Crippen LogP contribution in [-0.2, 0) is 14.8 Å². The average Bonchev–Trinajstić information content (AvgIpc) is 2.28. The number of hydrogen-bond donors (Lipinski definition) is 2. The Kier molecular flexibility index (Phi) is 4.45. The van der Waals surface area contributed by atoms with Gasteiger partial charge < -0.3 is 5.73 Å². The number of amides is 1. The molecule has 8 nitrogen and oxygen atoms in total. The van der Waals surface area contributed by atoms with E-state index in [-0.39, 0.29) is 5.02 Å². The fourth-order valence-electron chi connectivity index (χ4n) is 1.17. The number of primary amides is 1. The minimum absolute atomic E-state index is 0.199. The molecule has 0 saturated heterocycles. The molecule has 0 aliphatic heterocycles. The van der Waals surface area contributed by atoms with E-state index in [1.54, 1.807) is 0 Å². The minimum atomic E-state index is -4.18. The van der Waals surface area contributed by atoms with E-state index in [2.05, 4.69) is 0 Å². The monoisotopic (exact) mass is 307 g/mol. The lowest BCUT2D eigenvalue weighted by Crippen LogP contribution is -2.42. The number of hydrogen-bond acceptors (Lipinski definition) is 5. The van der Waals surface area contributed by atoms with E-state index in [0.29, 0.717) is 0 Å². The number of carbonyl (C=O) groups excluding carboxylic acids is 1. The zero-order chi connectivity index (χ0) is 14.8. The SMILES string of the molecule is CC(NS(=O)(=O)c1cc([N+](=O)[O-])ccc1Cl)C(N)=O. The predicted molar refractivity (Wildman–Crippen MR) is 67.1 cm³/mol. The van der Waals surface area contributed by atoms with Crippen LogP contribution in [0.2, 0.25) is 5.02 Å². The highest BCUT2D eigenvalue weighted by molar-refractivity contribution is 7.89. The Bertz CT molecular complexity index is 631. The van der Waals surface area contributed by atoms with Gasteiger partial charge in [0.15, 0.2) is 0 Å². The van der Waals surface area contributed by atoms with Crippen LogP contribution in [-0.4, -0.2) is 25.3 Å². The van der Waals surface area contributed by atoms with Crippen LogP contribution in [0.15, 0.2) is 23.1 Å². The maximum atomic E-state index is 11.9. The average molecular weight is 308 g/mol. The molecular weight excluding hydrogens is 298 g/mol. The zero-order valence-electron chi connectivity index (χ0n) is 9.66. The van der Waals surface area contributed by atoms with Crippen molar-refractivity contribution in [3.05, 3.63) is 33.3 Å². The van der Waals surface area contributed by atoms with Crippen LogP contribution >= 0.6 is 11.6 Å². The summed E-state index contributed by atoms with van der Waals surface area (Å²) in [5.41, 5.74) is 4.50. The van der Waals surface area contributed by atoms with Crippen LogP contribution < -0.4 is 10.5 Å². The number of nitrogens with two attached hydrogens (primary N) is 1. The molecule has 0 fully saturated rings. The van der Waals surface area contributed by atoms with Gasteiger partial charge in [0.1, 0.15) is 4.90 Å². The molecule has 1 atom stereocenters. The molecule has 0 aliphatic carbocycles. The lowest BCUT2D eigenvalue weighted by atomic mass is 10.3. The van der Waals surface area contributed by atoms with Crippen molar-refractivity contribution in [2.75, 3.05) is 0 Å². The van der Waals surface area contributed by atoms with Crippen LogP contribution in [0.3, 0.4) is 0 Å². The molecular formula is C9H10ClN3O5S. The van der Waals surface area contributed by atoms with Crippen molar-refractivity contribution in [3.63, 3.8) is 0 Å². The number of sulfonamides is 1. The fraction of sp³-hybridized carbons (Fsp3) is 0.222. The first-order valence-electron chi connectivity index (χ1n) is 4.90. The summed E-state index contributed by atoms with van der Waals surface area (Å²) in [6.07, 6.45) is 0. The minimum Gasteiger partial charge on any atom is -0.368 e. The number of nitro benzene ring substituents is 1. The summed E-state index contributed by atoms with van der Waals surface area (Å²) in [5, 5.41) is 10.4. The number of benzene rings is 1. The van der Waals surface area contributed by atoms with Crippen molar-refractivity contribution in [1.82, 2.24) is 4.72 Å². The molecule has 1 unspecified atom stereocenters. The topological polar surface area (TPSA) is 132 Å². The second-order valence-electron chi connectivity index (χ2n) is 3.62. The van der Waals surface area contributed by atoms with Gasteiger partial charge in [0, 0.05) is 12.1 Å². The molecule has 0 bridgehead atoms. The zero-order valence-corrected chi connectivity index (χ0v) is 11.2. The standard InChI is InChI=1S/C9H10ClN3O5S/c1-5(9(11)14)12-19(17,18)8-4-6(13(15)16)2-3-7(8)10/h2-5,12H,1H3,(H2,11,14). The molecule has 3 N–H and O–H groups in total. The van der Waals surface area contributed by atoms with Crippen molar-refractivity contribution < 1.29 is 18.1 Å². The molecule has 10 heteroatoms. The van der Waals surface area contributed by atoms with Crippen LogP contribution in [0.5, 0.6) is 0 Å². The van der Waals surface area contributed by atoms with Crippen molar-refractivity contribution in [2.45, 2.75) is 17.9 Å². The van der Waals surface area contributed by atoms with E-state index < -0.39 is 37.5 Å². The summed E-state index contributed by atoms with van der Waals surface area (Å²) < 4.78 is 25.8. The normalized spacial score (nSPS) is 12.9. The Balaban J connectivity index is 3.24. The van der Waals surface area contributed by atoms with E-state index in [1.165, 1.54) is 6.92 Å². The number of halogens is 1. The summed E-state index contributed by atoms with van der Waals surface area (Å²) >= 11 is 5.69. The van der Waals surface area contributed by atoms with Crippen LogP contribution in [0.4, 0.5) is 5.69 Å². The second kappa shape index (κ2) is 5.51. The van der Waals surface area contributed by atoms with E-state index in [4.69, 9.17) is 17.3 Å². The molecule has 104 valence electrons. The van der Waals surface area contributed by atoms with E-state index >= 15 is 0 Å². The Morgan fingerprint density at radius 2 is 2.11 bits per heavy atom. The van der Waals surface area contributed by atoms with Gasteiger partial charge in [-0.2, -0.15) is 4.72 Å². The van der Waals surface area contributed by atoms with Gasteiger partial charge in [0.25, 0.3) is 5.69 Å². The third-order valence-corrected chi connectivity index (χ3v) is 4.20. The predicted octanol–water partition coefficient (Wildman–Crippen LogP) is 0.400. The summed E-state index contributed by atoms with van der Waals surface area (Å²) in [4.78, 5) is 20.2. The van der Waals surface area contributed by atoms with Gasteiger partial charge in [-0.3, -0.25) is 14.9 Å². The van der Waals surface area contributed by atoms with Gasteiger partial charge in [-0.15, -0.1) is 0 Å². The Morgan fingerprint density at radius 3 is 2.58 bits per heavy atom. The van der Waals surface area contributed by atoms with Crippen molar-refractivity contribution >= 4 is 33.2 Å². The van der Waals surface area contributed by atoms with Gasteiger partial charge >= 0.3 is 0 Å². The molecule has 0 saturated carbocycles. The number of non-ortho nitro benzene ring substituents is 1. The molecule has 0 aromatic heterocycles. The first-order chi connectivity index (χ1) is 8.65. The number of nitro groups is 1. The third kappa shape index (κ3) is 3.63. The number of nitrogens with zero attached hydrogens (tertiary/aromatic N) is 1. The molecule has 0 aliphatic rings. The lowest BCUT2D eigenvalue weighted by molar-refractivity contribution is -0.385. The van der Waals surface area contributed by atoms with Crippen molar-refractivity contribution in [3.8, 4) is 0 Å². The van der Waals surface area contributed by atoms with Crippen LogP contribution in [0.1, 0.15) is 6.92 Å². The third-order valence-electron chi connectivity index (χ3n) is 2.17. The highest BCUT2D eigenvalue weighted by Gasteiger charge is 2.25. The maximum absolute atomic E-state index is 11.9. The highest BCUT2D eigenvalue weighted by Crippen LogP contribution is 2.26. The summed E-state index contributed by atoms with van der Waals surface area (Å²) in [5.74, 6) is -0.884. The fourth-order valence-corrected chi connectivity index (χ4v) is 2.90. The first-order valence-corrected chi connectivity index (χ1v) is 6.77. The van der Waals surface area contributed by atoms with Gasteiger partial charge in [-0.05, 0) is 13.0 Å². The molecule has 0 radical (unpaired) electrons. The Hall–Kier alpha value is -1.71. The molecule has 19 heavy (non-hydrogen) atoms. The van der Waals surface area contributed by atoms with Gasteiger partial charge in [-0.25, -0.2) is 8.42 Å². The van der Waals surface area contributed by atoms with Gasteiger partial charge in [0.2, 0.25) is 15.9 Å². The summed E-state index contributed by atoms with van der Waals surface area (Å²) in [6.45, 7) is 1.24. The Labute approximate surface area is 113 Å². The Morgan fingerprint density at radius 1 is 1.53 bits per heavy atom. The van der Waals surface area contributed by atoms with Gasteiger partial charge in [-0.1, -0.05) is 11.6 Å². The molecule has 1 aromatic rings. The molecule has 1 amide bonds. The number of carbonyl (C=O) groups is 1. The summed E-state index contributed by atoms with van der Waals surface area (Å²) in [6, 6.07) is 1.79. The van der Waals surface area contributed by atoms with E-state index in [9.17, 15) is 23.3 Å². The lowest BCUT2D eigenvalue weighted by Gasteiger charge is -2.11. The van der Waals surface area contributed by atoms with Crippen LogP contribution in [0, 0.1) is 10.1 Å². The van der Waals surface area contributed by atoms with E-state index in [1.807, 2.05) is 4.72 Å². The molecule has 0 spiro atoms. The molecule has 0 heterocycles. The maximum Gasteiger partial charge on any atom is 0.270 e. The van der Waals surface area contributed by atoms with Gasteiger partial charge in [0.05, 0.1) is 16.0 Å².